The minimum Gasteiger partial charge on any atom is -0.350 e. The largest absolute Gasteiger partial charge is 0.350 e. The Bertz CT molecular complexity index is 940. The van der Waals surface area contributed by atoms with E-state index in [2.05, 4.69) is 31.7 Å². The molecule has 1 N–H and O–H groups in total. The fourth-order valence-electron chi connectivity index (χ4n) is 2.49. The molecule has 6 heteroatoms. The monoisotopic (exact) mass is 345 g/mol. The number of hydrogen-bond donors (Lipinski definition) is 1. The van der Waals surface area contributed by atoms with E-state index in [1.54, 1.807) is 23.7 Å². The third kappa shape index (κ3) is 3.54. The van der Waals surface area contributed by atoms with Crippen LogP contribution in [-0.2, 0) is 6.54 Å². The normalized spacial score (nSPS) is 10.6. The van der Waals surface area contributed by atoms with Crippen LogP contribution in [0.3, 0.4) is 0 Å². The van der Waals surface area contributed by atoms with Gasteiger partial charge in [0, 0.05) is 53.5 Å². The van der Waals surface area contributed by atoms with Gasteiger partial charge >= 0.3 is 0 Å². The Morgan fingerprint density at radius 1 is 0.920 bits per heavy atom. The van der Waals surface area contributed by atoms with Gasteiger partial charge in [0.25, 0.3) is 0 Å². The summed E-state index contributed by atoms with van der Waals surface area (Å²) in [7, 11) is 0. The Kier molecular flexibility index (Phi) is 4.43. The van der Waals surface area contributed by atoms with Gasteiger partial charge in [-0.15, -0.1) is 11.3 Å². The first-order valence-electron chi connectivity index (χ1n) is 7.84. The molecule has 4 aromatic heterocycles. The standard InChI is InChI=1S/C19H15N5S/c1-4-14(10-20-7-1)11-22-19-23-13-16(17-6-3-9-25-17)18(24-19)15-5-2-8-21-12-15/h1-10,12-13H,11H2,(H,22,23,24). The summed E-state index contributed by atoms with van der Waals surface area (Å²) in [6.45, 7) is 0.624. The van der Waals surface area contributed by atoms with Crippen molar-refractivity contribution in [1.82, 2.24) is 19.9 Å². The van der Waals surface area contributed by atoms with Crippen LogP contribution in [0.5, 0.6) is 0 Å². The molecule has 4 rings (SSSR count). The predicted octanol–water partition coefficient (Wildman–Crippen LogP) is 4.27. The van der Waals surface area contributed by atoms with Crippen molar-refractivity contribution in [2.24, 2.45) is 0 Å². The minimum atomic E-state index is 0.586. The lowest BCUT2D eigenvalue weighted by Gasteiger charge is -2.10. The maximum Gasteiger partial charge on any atom is 0.223 e. The number of rotatable bonds is 5. The van der Waals surface area contributed by atoms with E-state index in [1.807, 2.05) is 48.9 Å². The summed E-state index contributed by atoms with van der Waals surface area (Å²) in [5, 5.41) is 5.32. The molecule has 0 aromatic carbocycles. The van der Waals surface area contributed by atoms with E-state index in [4.69, 9.17) is 4.98 Å². The van der Waals surface area contributed by atoms with Crippen molar-refractivity contribution in [3.05, 3.63) is 78.3 Å². The van der Waals surface area contributed by atoms with Crippen LogP contribution in [0.15, 0.2) is 72.8 Å². The predicted molar refractivity (Wildman–Crippen MR) is 100 cm³/mol. The van der Waals surface area contributed by atoms with Crippen LogP contribution in [0.4, 0.5) is 5.95 Å². The van der Waals surface area contributed by atoms with E-state index in [9.17, 15) is 0 Å². The molecular weight excluding hydrogens is 330 g/mol. The zero-order valence-corrected chi connectivity index (χ0v) is 14.1. The van der Waals surface area contributed by atoms with Crippen LogP contribution >= 0.6 is 11.3 Å². The topological polar surface area (TPSA) is 63.6 Å². The van der Waals surface area contributed by atoms with Crippen LogP contribution in [0.2, 0.25) is 0 Å². The molecule has 0 atom stereocenters. The van der Waals surface area contributed by atoms with Crippen molar-refractivity contribution < 1.29 is 0 Å². The third-order valence-corrected chi connectivity index (χ3v) is 4.59. The summed E-state index contributed by atoms with van der Waals surface area (Å²) in [4.78, 5) is 18.7. The fourth-order valence-corrected chi connectivity index (χ4v) is 3.22. The molecule has 0 spiro atoms. The fraction of sp³-hybridized carbons (Fsp3) is 0.0526. The van der Waals surface area contributed by atoms with E-state index >= 15 is 0 Å². The van der Waals surface area contributed by atoms with E-state index in [0.29, 0.717) is 12.5 Å². The number of hydrogen-bond acceptors (Lipinski definition) is 6. The molecule has 0 aliphatic heterocycles. The van der Waals surface area contributed by atoms with Gasteiger partial charge in [0.15, 0.2) is 0 Å². The second-order valence-electron chi connectivity index (χ2n) is 5.39. The van der Waals surface area contributed by atoms with E-state index < -0.39 is 0 Å². The maximum atomic E-state index is 4.74. The highest BCUT2D eigenvalue weighted by Crippen LogP contribution is 2.33. The molecule has 4 heterocycles. The average molecular weight is 345 g/mol. The Hall–Kier alpha value is -3.12. The number of anilines is 1. The number of nitrogens with zero attached hydrogens (tertiary/aromatic N) is 4. The summed E-state index contributed by atoms with van der Waals surface area (Å²) in [6.07, 6.45) is 9.04. The first kappa shape index (κ1) is 15.4. The summed E-state index contributed by atoms with van der Waals surface area (Å²) in [6, 6.07) is 12.0. The van der Waals surface area contributed by atoms with Crippen molar-refractivity contribution in [1.29, 1.82) is 0 Å². The summed E-state index contributed by atoms with van der Waals surface area (Å²) < 4.78 is 0. The van der Waals surface area contributed by atoms with Crippen LogP contribution in [0.25, 0.3) is 21.7 Å². The summed E-state index contributed by atoms with van der Waals surface area (Å²) >= 11 is 1.67. The SMILES string of the molecule is c1cncc(CNc2ncc(-c3cccs3)c(-c3cccnc3)n2)c1. The molecule has 25 heavy (non-hydrogen) atoms. The van der Waals surface area contributed by atoms with Gasteiger partial charge in [-0.05, 0) is 35.2 Å². The van der Waals surface area contributed by atoms with Gasteiger partial charge in [-0.25, -0.2) is 9.97 Å². The van der Waals surface area contributed by atoms with Gasteiger partial charge in [-0.3, -0.25) is 9.97 Å². The molecule has 0 bridgehead atoms. The molecule has 0 saturated carbocycles. The van der Waals surface area contributed by atoms with Crippen LogP contribution in [-0.4, -0.2) is 19.9 Å². The molecule has 0 amide bonds. The van der Waals surface area contributed by atoms with Crippen LogP contribution in [0, 0.1) is 0 Å². The smallest absolute Gasteiger partial charge is 0.223 e. The maximum absolute atomic E-state index is 4.74. The Morgan fingerprint density at radius 2 is 1.80 bits per heavy atom. The zero-order valence-electron chi connectivity index (χ0n) is 13.3. The minimum absolute atomic E-state index is 0.586. The molecule has 0 radical (unpaired) electrons. The van der Waals surface area contributed by atoms with Gasteiger partial charge in [-0.1, -0.05) is 12.1 Å². The molecule has 122 valence electrons. The average Bonchev–Trinajstić information content (AvgIpc) is 3.22. The molecule has 0 fully saturated rings. The lowest BCUT2D eigenvalue weighted by molar-refractivity contribution is 1.04. The van der Waals surface area contributed by atoms with Crippen LogP contribution < -0.4 is 5.32 Å². The highest BCUT2D eigenvalue weighted by Gasteiger charge is 2.12. The highest BCUT2D eigenvalue weighted by atomic mass is 32.1. The number of pyridine rings is 2. The van der Waals surface area contributed by atoms with Crippen molar-refractivity contribution in [3.8, 4) is 21.7 Å². The Labute approximate surface area is 149 Å². The quantitative estimate of drug-likeness (QED) is 0.585. The van der Waals surface area contributed by atoms with Gasteiger partial charge in [0.05, 0.1) is 5.69 Å². The van der Waals surface area contributed by atoms with Crippen LogP contribution in [0.1, 0.15) is 5.56 Å². The van der Waals surface area contributed by atoms with E-state index in [-0.39, 0.29) is 0 Å². The number of thiophene rings is 1. The first-order chi connectivity index (χ1) is 12.4. The first-order valence-corrected chi connectivity index (χ1v) is 8.72. The van der Waals surface area contributed by atoms with Crippen molar-refractivity contribution in [3.63, 3.8) is 0 Å². The molecule has 0 saturated heterocycles. The lowest BCUT2D eigenvalue weighted by Crippen LogP contribution is -2.05. The van der Waals surface area contributed by atoms with E-state index in [1.165, 1.54) is 0 Å². The highest BCUT2D eigenvalue weighted by molar-refractivity contribution is 7.13. The van der Waals surface area contributed by atoms with Crippen molar-refractivity contribution in [2.75, 3.05) is 5.32 Å². The van der Waals surface area contributed by atoms with Gasteiger partial charge in [0.2, 0.25) is 5.95 Å². The van der Waals surface area contributed by atoms with Crippen molar-refractivity contribution in [2.45, 2.75) is 6.54 Å². The molecule has 5 nitrogen and oxygen atoms in total. The van der Waals surface area contributed by atoms with Gasteiger partial charge < -0.3 is 5.32 Å². The Balaban J connectivity index is 1.68. The zero-order chi connectivity index (χ0) is 16.9. The lowest BCUT2D eigenvalue weighted by atomic mass is 10.1. The number of aromatic nitrogens is 4. The second kappa shape index (κ2) is 7.19. The Morgan fingerprint density at radius 3 is 2.52 bits per heavy atom. The summed E-state index contributed by atoms with van der Waals surface area (Å²) in [5.74, 6) is 0.586. The van der Waals surface area contributed by atoms with Gasteiger partial charge in [-0.2, -0.15) is 0 Å². The molecule has 0 aliphatic carbocycles. The molecular formula is C19H15N5S. The molecule has 0 aliphatic rings. The third-order valence-electron chi connectivity index (χ3n) is 3.68. The molecule has 0 unspecified atom stereocenters. The second-order valence-corrected chi connectivity index (χ2v) is 6.34. The number of nitrogens with one attached hydrogen (secondary N) is 1. The molecule has 4 aromatic rings. The van der Waals surface area contributed by atoms with Gasteiger partial charge in [0.1, 0.15) is 0 Å². The van der Waals surface area contributed by atoms with E-state index in [0.717, 1.165) is 27.3 Å². The summed E-state index contributed by atoms with van der Waals surface area (Å²) in [5.41, 5.74) is 3.93. The van der Waals surface area contributed by atoms with Crippen molar-refractivity contribution >= 4 is 17.3 Å².